The normalized spacial score (nSPS) is 11.0. The lowest BCUT2D eigenvalue weighted by atomic mass is 10.2. The molecule has 8 heteroatoms. The number of hydrogen-bond donors (Lipinski definition) is 0. The van der Waals surface area contributed by atoms with Gasteiger partial charge in [-0.2, -0.15) is 9.78 Å². The topological polar surface area (TPSA) is 82.8 Å². The molecule has 0 N–H and O–H groups in total. The van der Waals surface area contributed by atoms with Crippen molar-refractivity contribution in [1.29, 1.82) is 0 Å². The number of hydrogen-bond acceptors (Lipinski definition) is 6. The second-order valence-electron chi connectivity index (χ2n) is 6.45. The zero-order valence-corrected chi connectivity index (χ0v) is 18.5. The number of carbonyl (C=O) groups excluding carboxylic acids is 1. The van der Waals surface area contributed by atoms with Gasteiger partial charge >= 0.3 is 5.97 Å². The first kappa shape index (κ1) is 20.7. The molecule has 0 saturated carbocycles. The van der Waals surface area contributed by atoms with Crippen LogP contribution in [0.2, 0.25) is 0 Å². The first-order valence-corrected chi connectivity index (χ1v) is 10.3. The van der Waals surface area contributed by atoms with Crippen LogP contribution in [0.15, 0.2) is 83.0 Å². The molecule has 1 aromatic heterocycles. The Morgan fingerprint density at radius 1 is 1.10 bits per heavy atom. The van der Waals surface area contributed by atoms with Gasteiger partial charge in [-0.05, 0) is 64.6 Å². The highest BCUT2D eigenvalue weighted by Crippen LogP contribution is 2.34. The Bertz CT molecular complexity index is 1350. The van der Waals surface area contributed by atoms with E-state index in [-0.39, 0.29) is 5.56 Å². The SMILES string of the molecule is COc1cc(/C=N/n2cnc3ccccc3c2=O)cc(I)c1OC(=O)c1ccccc1. The Labute approximate surface area is 191 Å². The van der Waals surface area contributed by atoms with Gasteiger partial charge in [0.25, 0.3) is 5.56 Å². The summed E-state index contributed by atoms with van der Waals surface area (Å²) in [5, 5.41) is 4.71. The average molecular weight is 525 g/mol. The third-order valence-corrected chi connectivity index (χ3v) is 5.24. The molecule has 7 nitrogen and oxygen atoms in total. The van der Waals surface area contributed by atoms with Crippen LogP contribution in [0.1, 0.15) is 15.9 Å². The number of benzene rings is 3. The molecule has 3 aromatic carbocycles. The molecule has 154 valence electrons. The van der Waals surface area contributed by atoms with Crippen molar-refractivity contribution in [2.45, 2.75) is 0 Å². The second-order valence-corrected chi connectivity index (χ2v) is 7.61. The highest BCUT2D eigenvalue weighted by molar-refractivity contribution is 14.1. The maximum atomic E-state index is 12.6. The molecule has 0 fully saturated rings. The molecule has 0 aliphatic rings. The van der Waals surface area contributed by atoms with Crippen LogP contribution < -0.4 is 15.0 Å². The Balaban J connectivity index is 1.63. The van der Waals surface area contributed by atoms with Gasteiger partial charge in [0.05, 0.1) is 33.4 Å². The fraction of sp³-hybridized carbons (Fsp3) is 0.0435. The highest BCUT2D eigenvalue weighted by Gasteiger charge is 2.16. The maximum absolute atomic E-state index is 12.6. The van der Waals surface area contributed by atoms with Crippen molar-refractivity contribution in [2.24, 2.45) is 5.10 Å². The zero-order chi connectivity index (χ0) is 21.8. The Kier molecular flexibility index (Phi) is 6.08. The molecule has 0 saturated heterocycles. The summed E-state index contributed by atoms with van der Waals surface area (Å²) in [6.45, 7) is 0. The van der Waals surface area contributed by atoms with Gasteiger partial charge in [0.15, 0.2) is 11.5 Å². The van der Waals surface area contributed by atoms with E-state index in [0.29, 0.717) is 37.1 Å². The van der Waals surface area contributed by atoms with E-state index in [2.05, 4.69) is 32.7 Å². The number of aromatic nitrogens is 2. The largest absolute Gasteiger partial charge is 0.493 e. The highest BCUT2D eigenvalue weighted by atomic mass is 127. The number of esters is 1. The van der Waals surface area contributed by atoms with Crippen molar-refractivity contribution in [3.05, 3.63) is 98.1 Å². The number of halogens is 1. The Morgan fingerprint density at radius 2 is 1.84 bits per heavy atom. The first-order valence-electron chi connectivity index (χ1n) is 9.22. The van der Waals surface area contributed by atoms with E-state index >= 15 is 0 Å². The van der Waals surface area contributed by atoms with Crippen LogP contribution >= 0.6 is 22.6 Å². The van der Waals surface area contributed by atoms with Crippen LogP contribution in [0.4, 0.5) is 0 Å². The summed E-state index contributed by atoms with van der Waals surface area (Å²) in [7, 11) is 1.49. The number of fused-ring (bicyclic) bond motifs is 1. The maximum Gasteiger partial charge on any atom is 0.343 e. The fourth-order valence-electron chi connectivity index (χ4n) is 2.91. The van der Waals surface area contributed by atoms with E-state index in [1.54, 1.807) is 54.6 Å². The predicted molar refractivity (Wildman–Crippen MR) is 126 cm³/mol. The van der Waals surface area contributed by atoms with Gasteiger partial charge in [-0.25, -0.2) is 9.78 Å². The van der Waals surface area contributed by atoms with Crippen LogP contribution in [0.25, 0.3) is 10.9 Å². The van der Waals surface area contributed by atoms with E-state index in [1.807, 2.05) is 12.1 Å². The lowest BCUT2D eigenvalue weighted by molar-refractivity contribution is 0.0728. The van der Waals surface area contributed by atoms with Crippen LogP contribution in [-0.2, 0) is 0 Å². The van der Waals surface area contributed by atoms with E-state index in [9.17, 15) is 9.59 Å². The first-order chi connectivity index (χ1) is 15.1. The number of carbonyl (C=O) groups is 1. The third-order valence-electron chi connectivity index (χ3n) is 4.44. The zero-order valence-electron chi connectivity index (χ0n) is 16.4. The summed E-state index contributed by atoms with van der Waals surface area (Å²) in [4.78, 5) is 29.2. The summed E-state index contributed by atoms with van der Waals surface area (Å²) in [6.07, 6.45) is 2.89. The lowest BCUT2D eigenvalue weighted by Gasteiger charge is -2.12. The molecule has 0 aliphatic heterocycles. The summed E-state index contributed by atoms with van der Waals surface area (Å²) in [5.74, 6) is 0.215. The van der Waals surface area contributed by atoms with E-state index in [0.717, 1.165) is 0 Å². The van der Waals surface area contributed by atoms with Gasteiger partial charge in [-0.3, -0.25) is 4.79 Å². The predicted octanol–water partition coefficient (Wildman–Crippen LogP) is 4.11. The Morgan fingerprint density at radius 3 is 2.61 bits per heavy atom. The van der Waals surface area contributed by atoms with Crippen molar-refractivity contribution in [2.75, 3.05) is 7.11 Å². The molecule has 4 aromatic rings. The lowest BCUT2D eigenvalue weighted by Crippen LogP contribution is -2.17. The summed E-state index contributed by atoms with van der Waals surface area (Å²) in [5.41, 5.74) is 1.45. The van der Waals surface area contributed by atoms with Crippen LogP contribution in [0, 0.1) is 3.57 Å². The number of ether oxygens (including phenoxy) is 2. The molecule has 0 unspecified atom stereocenters. The molecule has 0 spiro atoms. The van der Waals surface area contributed by atoms with Crippen LogP contribution in [-0.4, -0.2) is 29.0 Å². The van der Waals surface area contributed by atoms with Crippen molar-refractivity contribution in [3.63, 3.8) is 0 Å². The van der Waals surface area contributed by atoms with Gasteiger partial charge in [0, 0.05) is 0 Å². The summed E-state index contributed by atoms with van der Waals surface area (Å²) >= 11 is 2.06. The number of rotatable bonds is 5. The molecule has 1 heterocycles. The minimum Gasteiger partial charge on any atom is -0.493 e. The molecule has 0 radical (unpaired) electrons. The van der Waals surface area contributed by atoms with E-state index in [1.165, 1.54) is 24.3 Å². The molecular formula is C23H16IN3O4. The molecular weight excluding hydrogens is 509 g/mol. The standard InChI is InChI=1S/C23H16IN3O4/c1-30-20-12-15(11-18(24)21(20)31-23(29)16-7-3-2-4-8-16)13-26-27-14-25-19-10-6-5-9-17(19)22(27)28/h2-14H,1H3/b26-13+. The minimum absolute atomic E-state index is 0.267. The minimum atomic E-state index is -0.480. The van der Waals surface area contributed by atoms with Gasteiger partial charge in [-0.15, -0.1) is 0 Å². The van der Waals surface area contributed by atoms with Gasteiger partial charge in [-0.1, -0.05) is 30.3 Å². The second kappa shape index (κ2) is 9.09. The van der Waals surface area contributed by atoms with Crippen LogP contribution in [0.5, 0.6) is 11.5 Å². The van der Waals surface area contributed by atoms with E-state index < -0.39 is 5.97 Å². The number of methoxy groups -OCH3 is 1. The molecule has 0 amide bonds. The quantitative estimate of drug-likeness (QED) is 0.170. The summed E-state index contributed by atoms with van der Waals surface area (Å²) < 4.78 is 12.8. The van der Waals surface area contributed by atoms with Crippen molar-refractivity contribution in [1.82, 2.24) is 9.66 Å². The molecule has 0 aliphatic carbocycles. The third kappa shape index (κ3) is 4.48. The Hall–Kier alpha value is -3.53. The van der Waals surface area contributed by atoms with Gasteiger partial charge < -0.3 is 9.47 Å². The van der Waals surface area contributed by atoms with Gasteiger partial charge in [0.2, 0.25) is 0 Å². The molecule has 0 bridgehead atoms. The molecule has 31 heavy (non-hydrogen) atoms. The van der Waals surface area contributed by atoms with Crippen molar-refractivity contribution in [3.8, 4) is 11.5 Å². The molecule has 0 atom stereocenters. The van der Waals surface area contributed by atoms with E-state index in [4.69, 9.17) is 9.47 Å². The smallest absolute Gasteiger partial charge is 0.343 e. The van der Waals surface area contributed by atoms with Crippen molar-refractivity contribution >= 4 is 45.7 Å². The van der Waals surface area contributed by atoms with Gasteiger partial charge in [0.1, 0.15) is 6.33 Å². The number of nitrogens with zero attached hydrogens (tertiary/aromatic N) is 3. The number of para-hydroxylation sites is 1. The fourth-order valence-corrected chi connectivity index (χ4v) is 3.65. The van der Waals surface area contributed by atoms with Crippen molar-refractivity contribution < 1.29 is 14.3 Å². The molecule has 4 rings (SSSR count). The summed E-state index contributed by atoms with van der Waals surface area (Å²) in [6, 6.07) is 19.3. The average Bonchev–Trinajstić information content (AvgIpc) is 2.80. The van der Waals surface area contributed by atoms with Crippen LogP contribution in [0.3, 0.4) is 0 Å². The monoisotopic (exact) mass is 525 g/mol.